The molecule has 0 fully saturated rings. The maximum atomic E-state index is 12.7. The van der Waals surface area contributed by atoms with Gasteiger partial charge in [0.15, 0.2) is 0 Å². The lowest BCUT2D eigenvalue weighted by Gasteiger charge is -2.10. The number of benzene rings is 1. The third kappa shape index (κ3) is 3.54. The zero-order chi connectivity index (χ0) is 18.0. The molecular formula is C17H19N3O3S2. The molecule has 0 radical (unpaired) electrons. The maximum Gasteiger partial charge on any atom is 0.271 e. The molecular weight excluding hydrogens is 358 g/mol. The monoisotopic (exact) mass is 377 g/mol. The van der Waals surface area contributed by atoms with E-state index in [4.69, 9.17) is 4.74 Å². The van der Waals surface area contributed by atoms with E-state index in [1.165, 1.54) is 11.3 Å². The number of ether oxygens (including phenoxy) is 1. The Morgan fingerprint density at radius 3 is 2.76 bits per heavy atom. The molecule has 2 aromatic heterocycles. The van der Waals surface area contributed by atoms with Gasteiger partial charge in [-0.15, -0.1) is 11.3 Å². The first kappa shape index (κ1) is 17.5. The average Bonchev–Trinajstić information content (AvgIpc) is 3.25. The number of methoxy groups -OCH3 is 1. The molecule has 1 aromatic carbocycles. The Kier molecular flexibility index (Phi) is 4.82. The van der Waals surface area contributed by atoms with Gasteiger partial charge in [-0.2, -0.15) is 5.10 Å². The Morgan fingerprint density at radius 2 is 2.08 bits per heavy atom. The van der Waals surface area contributed by atoms with E-state index < -0.39 is 10.0 Å². The second kappa shape index (κ2) is 6.89. The van der Waals surface area contributed by atoms with Crippen LogP contribution in [0.1, 0.15) is 12.5 Å². The summed E-state index contributed by atoms with van der Waals surface area (Å²) >= 11 is 1.19. The highest BCUT2D eigenvalue weighted by molar-refractivity contribution is 7.94. The molecule has 0 saturated heterocycles. The van der Waals surface area contributed by atoms with Crippen LogP contribution in [0.3, 0.4) is 0 Å². The van der Waals surface area contributed by atoms with Gasteiger partial charge in [0.2, 0.25) is 0 Å². The van der Waals surface area contributed by atoms with Gasteiger partial charge in [-0.3, -0.25) is 9.40 Å². The number of aryl methyl sites for hydroxylation is 2. The van der Waals surface area contributed by atoms with Gasteiger partial charge in [0.25, 0.3) is 10.0 Å². The van der Waals surface area contributed by atoms with Gasteiger partial charge in [0, 0.05) is 23.7 Å². The van der Waals surface area contributed by atoms with Crippen molar-refractivity contribution in [1.82, 2.24) is 9.78 Å². The zero-order valence-electron chi connectivity index (χ0n) is 14.2. The Hall–Kier alpha value is -2.32. The summed E-state index contributed by atoms with van der Waals surface area (Å²) in [7, 11) is -2.07. The van der Waals surface area contributed by atoms with E-state index in [0.717, 1.165) is 23.4 Å². The molecule has 3 aromatic rings. The van der Waals surface area contributed by atoms with E-state index in [1.807, 2.05) is 30.0 Å². The zero-order valence-corrected chi connectivity index (χ0v) is 15.8. The van der Waals surface area contributed by atoms with Crippen LogP contribution >= 0.6 is 11.3 Å². The van der Waals surface area contributed by atoms with Gasteiger partial charge < -0.3 is 4.74 Å². The molecule has 0 unspecified atom stereocenters. The van der Waals surface area contributed by atoms with Crippen molar-refractivity contribution in [3.8, 4) is 17.0 Å². The number of hydrogen-bond acceptors (Lipinski definition) is 5. The number of sulfonamides is 1. The molecule has 25 heavy (non-hydrogen) atoms. The molecule has 0 aliphatic rings. The quantitative estimate of drug-likeness (QED) is 0.710. The SMILES string of the molecule is CCn1nccc1-c1csc(S(=O)(=O)Nc2ccc(OC)cc2C)c1. The highest BCUT2D eigenvalue weighted by atomic mass is 32.2. The first-order valence-corrected chi connectivity index (χ1v) is 10.1. The number of rotatable bonds is 6. The van der Waals surface area contributed by atoms with Crippen molar-refractivity contribution in [2.24, 2.45) is 0 Å². The molecule has 0 atom stereocenters. The molecule has 0 aliphatic heterocycles. The lowest BCUT2D eigenvalue weighted by atomic mass is 10.2. The maximum absolute atomic E-state index is 12.7. The Balaban J connectivity index is 1.89. The Bertz CT molecular complexity index is 990. The predicted molar refractivity (Wildman–Crippen MR) is 99.8 cm³/mol. The smallest absolute Gasteiger partial charge is 0.271 e. The number of nitrogens with one attached hydrogen (secondary N) is 1. The van der Waals surface area contributed by atoms with Crippen LogP contribution in [0.5, 0.6) is 5.75 Å². The summed E-state index contributed by atoms with van der Waals surface area (Å²) in [6.07, 6.45) is 1.71. The van der Waals surface area contributed by atoms with E-state index in [0.29, 0.717) is 11.4 Å². The fourth-order valence-corrected chi connectivity index (χ4v) is 4.80. The lowest BCUT2D eigenvalue weighted by Crippen LogP contribution is -2.12. The van der Waals surface area contributed by atoms with Crippen LogP contribution in [-0.4, -0.2) is 25.3 Å². The number of aromatic nitrogens is 2. The van der Waals surface area contributed by atoms with Crippen molar-refractivity contribution in [3.05, 3.63) is 47.5 Å². The lowest BCUT2D eigenvalue weighted by molar-refractivity contribution is 0.414. The fraction of sp³-hybridized carbons (Fsp3) is 0.235. The van der Waals surface area contributed by atoms with Crippen LogP contribution in [0.4, 0.5) is 5.69 Å². The molecule has 8 heteroatoms. The van der Waals surface area contributed by atoms with Crippen molar-refractivity contribution in [3.63, 3.8) is 0 Å². The molecule has 0 spiro atoms. The van der Waals surface area contributed by atoms with Gasteiger partial charge in [-0.25, -0.2) is 8.42 Å². The number of nitrogens with zero attached hydrogens (tertiary/aromatic N) is 2. The summed E-state index contributed by atoms with van der Waals surface area (Å²) in [5.74, 6) is 0.687. The number of anilines is 1. The molecule has 2 heterocycles. The van der Waals surface area contributed by atoms with Crippen LogP contribution in [0.25, 0.3) is 11.3 Å². The summed E-state index contributed by atoms with van der Waals surface area (Å²) in [4.78, 5) is 0. The number of thiophene rings is 1. The summed E-state index contributed by atoms with van der Waals surface area (Å²) < 4.78 is 35.3. The molecule has 0 amide bonds. The highest BCUT2D eigenvalue weighted by Crippen LogP contribution is 2.30. The largest absolute Gasteiger partial charge is 0.497 e. The van der Waals surface area contributed by atoms with Crippen molar-refractivity contribution in [2.75, 3.05) is 11.8 Å². The number of hydrogen-bond donors (Lipinski definition) is 1. The Labute approximate surface area is 151 Å². The van der Waals surface area contributed by atoms with E-state index in [2.05, 4.69) is 9.82 Å². The normalized spacial score (nSPS) is 11.5. The topological polar surface area (TPSA) is 73.2 Å². The van der Waals surface area contributed by atoms with Crippen molar-refractivity contribution >= 4 is 27.0 Å². The van der Waals surface area contributed by atoms with Crippen LogP contribution in [0.15, 0.2) is 46.1 Å². The third-order valence-electron chi connectivity index (χ3n) is 3.83. The predicted octanol–water partition coefficient (Wildman–Crippen LogP) is 3.75. The van der Waals surface area contributed by atoms with Gasteiger partial charge in [0.1, 0.15) is 9.96 Å². The average molecular weight is 377 g/mol. The highest BCUT2D eigenvalue weighted by Gasteiger charge is 2.19. The summed E-state index contributed by atoms with van der Waals surface area (Å²) in [5.41, 5.74) is 3.08. The van der Waals surface area contributed by atoms with Crippen molar-refractivity contribution in [2.45, 2.75) is 24.6 Å². The first-order chi connectivity index (χ1) is 11.9. The van der Waals surface area contributed by atoms with E-state index >= 15 is 0 Å². The summed E-state index contributed by atoms with van der Waals surface area (Å²) in [6.45, 7) is 4.55. The minimum atomic E-state index is -3.65. The van der Waals surface area contributed by atoms with E-state index in [9.17, 15) is 8.42 Å². The van der Waals surface area contributed by atoms with Crippen LogP contribution in [0.2, 0.25) is 0 Å². The molecule has 0 saturated carbocycles. The van der Waals surface area contributed by atoms with Gasteiger partial charge in [-0.05, 0) is 49.7 Å². The van der Waals surface area contributed by atoms with Gasteiger partial charge in [0.05, 0.1) is 18.5 Å². The Morgan fingerprint density at radius 1 is 1.28 bits per heavy atom. The van der Waals surface area contributed by atoms with Crippen LogP contribution in [-0.2, 0) is 16.6 Å². The molecule has 1 N–H and O–H groups in total. The van der Waals surface area contributed by atoms with E-state index in [1.54, 1.807) is 37.6 Å². The standard InChI is InChI=1S/C17H19N3O3S2/c1-4-20-16(7-8-18-20)13-10-17(24-11-13)25(21,22)19-15-6-5-14(23-3)9-12(15)2/h5-11,19H,4H2,1-3H3. The molecule has 0 aliphatic carbocycles. The van der Waals surface area contributed by atoms with Crippen molar-refractivity contribution < 1.29 is 13.2 Å². The third-order valence-corrected chi connectivity index (χ3v) is 6.64. The van der Waals surface area contributed by atoms with Gasteiger partial charge >= 0.3 is 0 Å². The van der Waals surface area contributed by atoms with Crippen LogP contribution in [0, 0.1) is 6.92 Å². The van der Waals surface area contributed by atoms with E-state index in [-0.39, 0.29) is 4.21 Å². The van der Waals surface area contributed by atoms with Gasteiger partial charge in [-0.1, -0.05) is 0 Å². The van der Waals surface area contributed by atoms with Crippen molar-refractivity contribution in [1.29, 1.82) is 0 Å². The first-order valence-electron chi connectivity index (χ1n) is 7.72. The minimum Gasteiger partial charge on any atom is -0.497 e. The summed E-state index contributed by atoms with van der Waals surface area (Å²) in [6, 6.07) is 8.77. The summed E-state index contributed by atoms with van der Waals surface area (Å²) in [5, 5.41) is 6.05. The molecule has 132 valence electrons. The second-order valence-corrected chi connectivity index (χ2v) is 8.29. The molecule has 3 rings (SSSR count). The molecule has 6 nitrogen and oxygen atoms in total. The minimum absolute atomic E-state index is 0.265. The molecule has 0 bridgehead atoms. The second-order valence-electron chi connectivity index (χ2n) is 5.47. The fourth-order valence-electron chi connectivity index (χ4n) is 2.49. The van der Waals surface area contributed by atoms with Crippen LogP contribution < -0.4 is 9.46 Å².